The molecule has 0 heterocycles. The van der Waals surface area contributed by atoms with Crippen LogP contribution in [0.3, 0.4) is 0 Å². The number of aliphatic carboxylic acids is 2. The van der Waals surface area contributed by atoms with Crippen LogP contribution in [0.25, 0.3) is 0 Å². The third-order valence-corrected chi connectivity index (χ3v) is 1.49. The minimum Gasteiger partial charge on any atom is -0.481 e. The molecule has 1 fully saturated rings. The highest BCUT2D eigenvalue weighted by Gasteiger charge is 2.45. The van der Waals surface area contributed by atoms with Crippen LogP contribution in [-0.4, -0.2) is 22.2 Å². The summed E-state index contributed by atoms with van der Waals surface area (Å²) in [6, 6.07) is 0. The first-order valence-corrected chi connectivity index (χ1v) is 2.92. The van der Waals surface area contributed by atoms with E-state index in [1.807, 2.05) is 0 Å². The second kappa shape index (κ2) is 2.28. The smallest absolute Gasteiger partial charge is 0.311 e. The van der Waals surface area contributed by atoms with Crippen LogP contribution < -0.4 is 0 Å². The SMILES string of the molecule is O=C(O)CC1C[C]1C(=O)O. The summed E-state index contributed by atoms with van der Waals surface area (Å²) in [6.45, 7) is 0. The average Bonchev–Trinajstić information content (AvgIpc) is 2.43. The fourth-order valence-electron chi connectivity index (χ4n) is 0.875. The minimum atomic E-state index is -0.953. The van der Waals surface area contributed by atoms with Gasteiger partial charge in [0.1, 0.15) is 0 Å². The Morgan fingerprint density at radius 2 is 2.10 bits per heavy atom. The number of hydrogen-bond acceptors (Lipinski definition) is 2. The maximum atomic E-state index is 10.1. The van der Waals surface area contributed by atoms with E-state index in [1.165, 1.54) is 0 Å². The Hall–Kier alpha value is -1.06. The van der Waals surface area contributed by atoms with Gasteiger partial charge in [0, 0.05) is 6.42 Å². The lowest BCUT2D eigenvalue weighted by Gasteiger charge is -1.87. The number of rotatable bonds is 3. The summed E-state index contributed by atoms with van der Waals surface area (Å²) in [4.78, 5) is 20.1. The molecule has 0 aromatic heterocycles. The van der Waals surface area contributed by atoms with Gasteiger partial charge in [-0.25, -0.2) is 0 Å². The predicted molar refractivity (Wildman–Crippen MR) is 31.2 cm³/mol. The molecule has 1 aliphatic carbocycles. The fourth-order valence-corrected chi connectivity index (χ4v) is 0.875. The molecule has 4 heteroatoms. The lowest BCUT2D eigenvalue weighted by molar-refractivity contribution is -0.137. The molecular formula is C6H7O4. The summed E-state index contributed by atoms with van der Waals surface area (Å²) in [5.41, 5.74) is 0. The Kier molecular flexibility index (Phi) is 1.61. The summed E-state index contributed by atoms with van der Waals surface area (Å²) >= 11 is 0. The second-order valence-electron chi connectivity index (χ2n) is 2.33. The molecule has 10 heavy (non-hydrogen) atoms. The first-order valence-electron chi connectivity index (χ1n) is 2.92. The second-order valence-corrected chi connectivity index (χ2v) is 2.33. The van der Waals surface area contributed by atoms with Crippen LogP contribution in [0.4, 0.5) is 0 Å². The van der Waals surface area contributed by atoms with Gasteiger partial charge in [-0.3, -0.25) is 9.59 Å². The zero-order chi connectivity index (χ0) is 7.72. The van der Waals surface area contributed by atoms with Crippen molar-refractivity contribution in [1.82, 2.24) is 0 Å². The minimum absolute atomic E-state index is 0.0400. The first kappa shape index (κ1) is 7.05. The molecule has 1 unspecified atom stereocenters. The molecule has 2 N–H and O–H groups in total. The van der Waals surface area contributed by atoms with Crippen molar-refractivity contribution in [2.24, 2.45) is 5.92 Å². The molecule has 0 aromatic carbocycles. The Morgan fingerprint density at radius 1 is 1.50 bits per heavy atom. The van der Waals surface area contributed by atoms with Crippen molar-refractivity contribution in [1.29, 1.82) is 0 Å². The molecular weight excluding hydrogens is 136 g/mol. The van der Waals surface area contributed by atoms with Crippen LogP contribution in [0.1, 0.15) is 12.8 Å². The van der Waals surface area contributed by atoms with E-state index < -0.39 is 11.9 Å². The normalized spacial score (nSPS) is 24.2. The van der Waals surface area contributed by atoms with Crippen molar-refractivity contribution >= 4 is 11.9 Å². The van der Waals surface area contributed by atoms with Gasteiger partial charge in [0.05, 0.1) is 5.92 Å². The fraction of sp³-hybridized carbons (Fsp3) is 0.500. The van der Waals surface area contributed by atoms with Crippen LogP contribution in [0.15, 0.2) is 0 Å². The van der Waals surface area contributed by atoms with Crippen LogP contribution in [0.2, 0.25) is 0 Å². The summed E-state index contributed by atoms with van der Waals surface area (Å²) in [5, 5.41) is 16.5. The maximum Gasteiger partial charge on any atom is 0.311 e. The summed E-state index contributed by atoms with van der Waals surface area (Å²) in [7, 11) is 0. The molecule has 0 aromatic rings. The maximum absolute atomic E-state index is 10.1. The topological polar surface area (TPSA) is 74.6 Å². The standard InChI is InChI=1S/C6H7O4/c7-5(8)2-3-1-4(3)6(9)10/h3H,1-2H2,(H,7,8)(H,9,10). The van der Waals surface area contributed by atoms with Gasteiger partial charge in [-0.1, -0.05) is 0 Å². The van der Waals surface area contributed by atoms with E-state index in [4.69, 9.17) is 10.2 Å². The van der Waals surface area contributed by atoms with Crippen LogP contribution in [-0.2, 0) is 9.59 Å². The van der Waals surface area contributed by atoms with Gasteiger partial charge >= 0.3 is 11.9 Å². The lowest BCUT2D eigenvalue weighted by Crippen LogP contribution is -2.01. The number of hydrogen-bond donors (Lipinski definition) is 2. The Labute approximate surface area is 57.5 Å². The third kappa shape index (κ3) is 1.46. The monoisotopic (exact) mass is 143 g/mol. The van der Waals surface area contributed by atoms with Gasteiger partial charge in [0.2, 0.25) is 0 Å². The zero-order valence-corrected chi connectivity index (χ0v) is 5.20. The highest BCUT2D eigenvalue weighted by atomic mass is 16.4. The van der Waals surface area contributed by atoms with Crippen molar-refractivity contribution in [3.63, 3.8) is 0 Å². The van der Waals surface area contributed by atoms with E-state index in [1.54, 1.807) is 0 Å². The molecule has 0 aliphatic heterocycles. The summed E-state index contributed by atoms with van der Waals surface area (Å²) in [6.07, 6.45) is 0.406. The quantitative estimate of drug-likeness (QED) is 0.589. The van der Waals surface area contributed by atoms with E-state index in [0.717, 1.165) is 0 Å². The van der Waals surface area contributed by atoms with Crippen LogP contribution >= 0.6 is 0 Å². The van der Waals surface area contributed by atoms with Crippen LogP contribution in [0.5, 0.6) is 0 Å². The average molecular weight is 143 g/mol. The third-order valence-electron chi connectivity index (χ3n) is 1.49. The van der Waals surface area contributed by atoms with Gasteiger partial charge < -0.3 is 10.2 Å². The molecule has 55 valence electrons. The lowest BCUT2D eigenvalue weighted by atomic mass is 10.2. The van der Waals surface area contributed by atoms with Crippen molar-refractivity contribution in [2.45, 2.75) is 12.8 Å². The number of carbonyl (C=O) groups is 2. The highest BCUT2D eigenvalue weighted by Crippen LogP contribution is 2.43. The molecule has 4 nitrogen and oxygen atoms in total. The van der Waals surface area contributed by atoms with E-state index >= 15 is 0 Å². The molecule has 1 saturated carbocycles. The van der Waals surface area contributed by atoms with Gasteiger partial charge in [0.25, 0.3) is 0 Å². The van der Waals surface area contributed by atoms with Crippen molar-refractivity contribution in [2.75, 3.05) is 0 Å². The number of carboxylic acids is 2. The van der Waals surface area contributed by atoms with E-state index in [0.29, 0.717) is 12.3 Å². The Morgan fingerprint density at radius 3 is 2.40 bits per heavy atom. The molecule has 0 spiro atoms. The number of carboxylic acid groups (broad SMARTS) is 2. The van der Waals surface area contributed by atoms with Gasteiger partial charge in [-0.05, 0) is 12.3 Å². The summed E-state index contributed by atoms with van der Waals surface area (Å²) < 4.78 is 0. The van der Waals surface area contributed by atoms with Gasteiger partial charge in [0.15, 0.2) is 0 Å². The van der Waals surface area contributed by atoms with Crippen molar-refractivity contribution < 1.29 is 19.8 Å². The Balaban J connectivity index is 2.26. The largest absolute Gasteiger partial charge is 0.481 e. The predicted octanol–water partition coefficient (Wildman–Crippen LogP) is 0.140. The molecule has 1 radical (unpaired) electrons. The van der Waals surface area contributed by atoms with Crippen molar-refractivity contribution in [3.05, 3.63) is 5.92 Å². The molecule has 0 bridgehead atoms. The molecule has 0 saturated heterocycles. The van der Waals surface area contributed by atoms with Gasteiger partial charge in [-0.2, -0.15) is 0 Å². The van der Waals surface area contributed by atoms with Gasteiger partial charge in [-0.15, -0.1) is 0 Å². The highest BCUT2D eigenvalue weighted by molar-refractivity contribution is 5.88. The summed E-state index contributed by atoms with van der Waals surface area (Å²) in [5.74, 6) is -1.73. The first-order chi connectivity index (χ1) is 4.61. The van der Waals surface area contributed by atoms with Crippen LogP contribution in [0, 0.1) is 11.8 Å². The molecule has 1 aliphatic rings. The molecule has 1 rings (SSSR count). The molecule has 0 amide bonds. The van der Waals surface area contributed by atoms with E-state index in [-0.39, 0.29) is 12.3 Å². The van der Waals surface area contributed by atoms with Crippen molar-refractivity contribution in [3.8, 4) is 0 Å². The van der Waals surface area contributed by atoms with E-state index in [2.05, 4.69) is 0 Å². The van der Waals surface area contributed by atoms with E-state index in [9.17, 15) is 9.59 Å². The molecule has 1 atom stereocenters. The Bertz CT molecular complexity index is 175. The zero-order valence-electron chi connectivity index (χ0n) is 5.20.